The molecule has 0 aromatic heterocycles. The topological polar surface area (TPSA) is 184 Å². The molecule has 140 heavy (non-hydrogen) atoms. The molecule has 0 bridgehead atoms. The van der Waals surface area contributed by atoms with Crippen LogP contribution in [0.15, 0.2) is 0 Å². The van der Waals surface area contributed by atoms with Crippen LogP contribution in [0, 0.1) is 67.0 Å². The monoisotopic (exact) mass is 1970 g/mol. The van der Waals surface area contributed by atoms with Gasteiger partial charge in [-0.05, 0) is 395 Å². The lowest BCUT2D eigenvalue weighted by atomic mass is 9.62. The molecule has 0 radical (unpaired) electrons. The van der Waals surface area contributed by atoms with E-state index >= 15 is 0 Å². The van der Waals surface area contributed by atoms with Crippen LogP contribution in [0.4, 0.5) is 0 Å². The maximum atomic E-state index is 12.8. The van der Waals surface area contributed by atoms with Gasteiger partial charge >= 0.3 is 41.8 Å². The molecule has 9 rings (SSSR count). The fourth-order valence-corrected chi connectivity index (χ4v) is 22.9. The Morgan fingerprint density at radius 2 is 0.521 bits per heavy atom. The van der Waals surface area contributed by atoms with E-state index in [0.29, 0.717) is 23.2 Å². The number of hydrogen-bond donors (Lipinski definition) is 0. The van der Waals surface area contributed by atoms with Crippen LogP contribution >= 0.6 is 0 Å². The van der Waals surface area contributed by atoms with Crippen molar-refractivity contribution in [3.8, 4) is 0 Å². The van der Waals surface area contributed by atoms with E-state index in [1.54, 1.807) is 0 Å². The molecule has 14 nitrogen and oxygen atoms in total. The van der Waals surface area contributed by atoms with E-state index in [0.717, 1.165) is 154 Å². The summed E-state index contributed by atoms with van der Waals surface area (Å²) in [4.78, 5) is 87.2. The molecule has 9 aliphatic carbocycles. The molecule has 0 aromatic carbocycles. The molecule has 2 atom stereocenters. The molecule has 14 heteroatoms. The third-order valence-corrected chi connectivity index (χ3v) is 36.9. The summed E-state index contributed by atoms with van der Waals surface area (Å²) in [5.41, 5.74) is -2.96. The number of rotatable bonds is 42. The van der Waals surface area contributed by atoms with Crippen LogP contribution in [-0.2, 0) is 66.7 Å². The third-order valence-electron chi connectivity index (χ3n) is 36.9. The van der Waals surface area contributed by atoms with Gasteiger partial charge in [0.05, 0.1) is 38.4 Å². The molecular weight excluding hydrogens is 1740 g/mol. The Bertz CT molecular complexity index is 3380. The van der Waals surface area contributed by atoms with Gasteiger partial charge < -0.3 is 33.2 Å². The van der Waals surface area contributed by atoms with Crippen molar-refractivity contribution >= 4 is 41.8 Å². The van der Waals surface area contributed by atoms with Crippen LogP contribution in [0.1, 0.15) is 657 Å². The van der Waals surface area contributed by atoms with Gasteiger partial charge in [0.2, 0.25) is 0 Å². The van der Waals surface area contributed by atoms with Crippen LogP contribution in [0.25, 0.3) is 0 Å². The molecule has 9 fully saturated rings. The van der Waals surface area contributed by atoms with Crippen LogP contribution in [0.5, 0.6) is 0 Å². The van der Waals surface area contributed by atoms with Crippen molar-refractivity contribution in [3.05, 3.63) is 0 Å². The quantitative estimate of drug-likeness (QED) is 0.0319. The zero-order valence-electron chi connectivity index (χ0n) is 98.5. The molecule has 9 saturated carbocycles. The van der Waals surface area contributed by atoms with Crippen LogP contribution in [0.3, 0.4) is 0 Å². The minimum absolute atomic E-state index is 0.0143. The maximum absolute atomic E-state index is 12.8. The summed E-state index contributed by atoms with van der Waals surface area (Å²) in [6.45, 7) is 62.9. The van der Waals surface area contributed by atoms with Crippen molar-refractivity contribution in [1.82, 2.24) is 0 Å². The zero-order valence-corrected chi connectivity index (χ0v) is 98.5. The number of carbonyl (C=O) groups is 7. The number of hydrogen-bond acceptors (Lipinski definition) is 14. The van der Waals surface area contributed by atoms with Gasteiger partial charge in [-0.3, -0.25) is 33.6 Å². The average molecular weight is 1970 g/mol. The summed E-state index contributed by atoms with van der Waals surface area (Å²) >= 11 is 0. The second-order valence-corrected chi connectivity index (χ2v) is 52.7. The molecule has 0 amide bonds. The smallest absolute Gasteiger partial charge is 0.312 e. The first-order valence-electron chi connectivity index (χ1n) is 60.4. The fraction of sp³-hybridized carbons (Fsp3) is 0.944. The minimum atomic E-state index is -0.365. The van der Waals surface area contributed by atoms with Crippen LogP contribution in [-0.4, -0.2) is 81.0 Å². The normalized spacial score (nSPS) is 21.8. The Morgan fingerprint density at radius 3 is 0.857 bits per heavy atom. The Balaban J connectivity index is 0.000000421. The van der Waals surface area contributed by atoms with E-state index < -0.39 is 0 Å². The van der Waals surface area contributed by atoms with E-state index in [-0.39, 0.29) is 125 Å². The highest BCUT2D eigenvalue weighted by Gasteiger charge is 2.53. The van der Waals surface area contributed by atoms with Gasteiger partial charge in [-0.25, -0.2) is 0 Å². The lowest BCUT2D eigenvalue weighted by molar-refractivity contribution is -0.190. The standard InChI is InChI=1S/C22H42O2.C20H36O2.C19H36O2.C18H32O2.2C16H30O2.C15H28O2/c1-5-7-8-9-11-14-17-22(18-15-12-10-13-16-19-22)24-20(23)21(3,4)6-2;1-6-19(4,5)17(21)22-20(16-11-8-7-9-12-16)14-10-13-18(2,3)15-20;1-5-7-8-9-11-14-19(15-12-10-13-16-19)21-17(20)18(3,4)6-2;1-4-17(2,3)16(19)20-18(13-9-6-10-14-18)15-11-7-5-8-12-15;1-7-15(5,6)13(17)18-16(14(2,3)4)11-9-8-10-12-16;1-4-6-7-8-11-16(12-9-10-13-16)18-15(17)14(3)5-2;1-6-14(4,5)13(16)17-15(12(2)3)10-8-7-9-11-15/h5-19H2,1-4H3;16H,6-15H2,1-5H3;5-16H2,1-4H3;15H,4-14H2,1-3H3;7-12H2,1-6H3;14H,4-13H2,1-3H3;12H,6-11H2,1-5H3. The largest absolute Gasteiger partial charge is 0.459 e. The van der Waals surface area contributed by atoms with Crippen LogP contribution in [0.2, 0.25) is 0 Å². The third kappa shape index (κ3) is 43.8. The first-order chi connectivity index (χ1) is 65.7. The lowest BCUT2D eigenvalue weighted by Gasteiger charge is -2.50. The van der Waals surface area contributed by atoms with Gasteiger partial charge in [-0.15, -0.1) is 0 Å². The van der Waals surface area contributed by atoms with E-state index in [4.69, 9.17) is 33.2 Å². The molecule has 0 heterocycles. The van der Waals surface area contributed by atoms with E-state index in [1.165, 1.54) is 295 Å². The Hall–Kier alpha value is -3.71. The number of esters is 7. The Morgan fingerprint density at radius 1 is 0.264 bits per heavy atom. The predicted molar refractivity (Wildman–Crippen MR) is 589 cm³/mol. The van der Waals surface area contributed by atoms with Gasteiger partial charge in [0.25, 0.3) is 0 Å². The van der Waals surface area contributed by atoms with Crippen molar-refractivity contribution in [3.63, 3.8) is 0 Å². The summed E-state index contributed by atoms with van der Waals surface area (Å²) in [5.74, 6) is 1.75. The Labute approximate surface area is 866 Å². The minimum Gasteiger partial charge on any atom is -0.459 e. The molecule has 0 saturated heterocycles. The van der Waals surface area contributed by atoms with E-state index in [9.17, 15) is 33.6 Å². The SMILES string of the molecule is CCC(C)(C)C(=O)OC1(C(C)(C)C)CCCCC1.CCC(C)(C)C(=O)OC1(C(C)C)CCCCC1.CCC(C)(C)C(=O)OC1(C2CCCCC2)CCCC(C)(C)C1.CCC(C)(C)C(=O)OC1(C2CCCCC2)CCCCC1.CCCCCCC1(OC(=O)C(C)CC)CCCC1.CCCCCCCC1(OC(=O)C(C)(C)CC)CCCCC1.CCCCCCCCC1(OC(=O)C(C)(C)CC)CCCCCCC1. The van der Waals surface area contributed by atoms with Crippen molar-refractivity contribution in [2.45, 2.75) is 696 Å². The highest BCUT2D eigenvalue weighted by atomic mass is 16.6. The van der Waals surface area contributed by atoms with Crippen molar-refractivity contribution in [2.24, 2.45) is 67.0 Å². The van der Waals surface area contributed by atoms with Gasteiger partial charge in [0, 0.05) is 5.41 Å². The van der Waals surface area contributed by atoms with Crippen molar-refractivity contribution in [2.75, 3.05) is 0 Å². The number of unbranched alkanes of at least 4 members (excludes halogenated alkanes) is 12. The first-order valence-corrected chi connectivity index (χ1v) is 60.4. The van der Waals surface area contributed by atoms with Gasteiger partial charge in [0.1, 0.15) is 39.2 Å². The first kappa shape index (κ1) is 130. The lowest BCUT2D eigenvalue weighted by Crippen LogP contribution is -2.50. The van der Waals surface area contributed by atoms with E-state index in [1.807, 2.05) is 104 Å². The molecule has 822 valence electrons. The maximum Gasteiger partial charge on any atom is 0.312 e. The van der Waals surface area contributed by atoms with Crippen LogP contribution < -0.4 is 0 Å². The van der Waals surface area contributed by atoms with Gasteiger partial charge in [-0.2, -0.15) is 0 Å². The molecule has 0 aliphatic heterocycles. The molecule has 2 unspecified atom stereocenters. The zero-order chi connectivity index (χ0) is 105. The van der Waals surface area contributed by atoms with Crippen molar-refractivity contribution in [1.29, 1.82) is 0 Å². The number of carbonyl (C=O) groups excluding carboxylic acids is 7. The summed E-state index contributed by atoms with van der Waals surface area (Å²) in [5, 5.41) is 0. The summed E-state index contributed by atoms with van der Waals surface area (Å²) < 4.78 is 42.9. The highest BCUT2D eigenvalue weighted by molar-refractivity contribution is 5.79. The van der Waals surface area contributed by atoms with Gasteiger partial charge in [0.15, 0.2) is 0 Å². The predicted octanol–water partition coefficient (Wildman–Crippen LogP) is 38.3. The summed E-state index contributed by atoms with van der Waals surface area (Å²) in [6, 6.07) is 0. The summed E-state index contributed by atoms with van der Waals surface area (Å²) in [6.07, 6.45) is 82.4. The van der Waals surface area contributed by atoms with Gasteiger partial charge in [-0.1, -0.05) is 285 Å². The average Bonchev–Trinajstić information content (AvgIpc) is 0.871. The second kappa shape index (κ2) is 63.3. The molecular formula is C126H234O14. The van der Waals surface area contributed by atoms with E-state index in [2.05, 4.69) is 104 Å². The second-order valence-electron chi connectivity index (χ2n) is 52.7. The summed E-state index contributed by atoms with van der Waals surface area (Å²) in [7, 11) is 0. The molecule has 0 N–H and O–H groups in total. The fourth-order valence-electron chi connectivity index (χ4n) is 22.9. The van der Waals surface area contributed by atoms with Crippen molar-refractivity contribution < 1.29 is 66.7 Å². The molecule has 9 aliphatic rings. The Kier molecular flexibility index (Phi) is 59.0. The highest BCUT2D eigenvalue weighted by Crippen LogP contribution is 2.54. The number of ether oxygens (including phenoxy) is 7. The molecule has 0 aromatic rings. The molecule has 0 spiro atoms.